The zero-order valence-electron chi connectivity index (χ0n) is 9.46. The van der Waals surface area contributed by atoms with Gasteiger partial charge in [-0.25, -0.2) is 0 Å². The lowest BCUT2D eigenvalue weighted by Crippen LogP contribution is -2.01. The third-order valence-corrected chi connectivity index (χ3v) is 3.19. The quantitative estimate of drug-likeness (QED) is 0.880. The molecule has 0 aliphatic carbocycles. The largest absolute Gasteiger partial charge is 0.394 e. The normalized spacial score (nSPS) is 10.6. The molecule has 0 fully saturated rings. The van der Waals surface area contributed by atoms with Crippen molar-refractivity contribution < 1.29 is 0 Å². The number of nitrogens with zero attached hydrogens (tertiary/aromatic N) is 2. The molecule has 3 N–H and O–H groups in total. The second-order valence-corrected chi connectivity index (χ2v) is 4.54. The molecular formula is C11H12Cl2N4. The Morgan fingerprint density at radius 1 is 1.29 bits per heavy atom. The molecule has 6 heteroatoms. The number of aromatic nitrogens is 2. The molecule has 17 heavy (non-hydrogen) atoms. The summed E-state index contributed by atoms with van der Waals surface area (Å²) in [6.07, 6.45) is 0. The summed E-state index contributed by atoms with van der Waals surface area (Å²) in [4.78, 5) is 0. The molecule has 0 aliphatic heterocycles. The molecule has 0 saturated carbocycles. The summed E-state index contributed by atoms with van der Waals surface area (Å²) in [7, 11) is 1.82. The Morgan fingerprint density at radius 3 is 2.53 bits per heavy atom. The number of nitrogens with one attached hydrogen (secondary N) is 1. The van der Waals surface area contributed by atoms with Crippen LogP contribution in [0.25, 0.3) is 0 Å². The van der Waals surface area contributed by atoms with Crippen molar-refractivity contribution in [3.63, 3.8) is 0 Å². The van der Waals surface area contributed by atoms with E-state index in [4.69, 9.17) is 28.9 Å². The molecule has 0 saturated heterocycles. The average Bonchev–Trinajstić information content (AvgIpc) is 2.50. The number of hydrogen-bond acceptors (Lipinski definition) is 3. The molecule has 1 heterocycles. The zero-order chi connectivity index (χ0) is 12.6. The van der Waals surface area contributed by atoms with Gasteiger partial charge in [-0.2, -0.15) is 5.10 Å². The van der Waals surface area contributed by atoms with Gasteiger partial charge in [-0.15, -0.1) is 0 Å². The summed E-state index contributed by atoms with van der Waals surface area (Å²) in [5.41, 5.74) is 8.14. The topological polar surface area (TPSA) is 55.9 Å². The van der Waals surface area contributed by atoms with Crippen LogP contribution in [0.2, 0.25) is 10.0 Å². The van der Waals surface area contributed by atoms with Crippen LogP contribution in [0.5, 0.6) is 0 Å². The predicted octanol–water partition coefficient (Wildman–Crippen LogP) is 3.36. The number of halogens is 2. The Hall–Kier alpha value is -1.39. The van der Waals surface area contributed by atoms with Crippen molar-refractivity contribution in [3.8, 4) is 0 Å². The summed E-state index contributed by atoms with van der Waals surface area (Å²) in [5, 5.41) is 8.39. The first-order valence-corrected chi connectivity index (χ1v) is 5.76. The molecule has 2 aromatic rings. The van der Waals surface area contributed by atoms with Gasteiger partial charge < -0.3 is 11.1 Å². The van der Waals surface area contributed by atoms with E-state index in [-0.39, 0.29) is 0 Å². The standard InChI is InChI=1S/C11H12Cl2N4/c1-6-10(14)11(17(2)16-6)15-7-3-4-8(12)9(13)5-7/h3-5,15H,14H2,1-2H3. The SMILES string of the molecule is Cc1nn(C)c(Nc2ccc(Cl)c(Cl)c2)c1N. The van der Waals surface area contributed by atoms with Crippen molar-refractivity contribution in [1.82, 2.24) is 9.78 Å². The van der Waals surface area contributed by atoms with Gasteiger partial charge in [0.05, 0.1) is 21.4 Å². The molecule has 0 bridgehead atoms. The Morgan fingerprint density at radius 2 is 2.00 bits per heavy atom. The lowest BCUT2D eigenvalue weighted by Gasteiger charge is -2.08. The molecule has 0 amide bonds. The van der Waals surface area contributed by atoms with E-state index in [0.717, 1.165) is 17.2 Å². The van der Waals surface area contributed by atoms with Crippen molar-refractivity contribution in [2.24, 2.45) is 7.05 Å². The Labute approximate surface area is 109 Å². The number of aryl methyl sites for hydroxylation is 2. The first-order chi connectivity index (χ1) is 7.99. The van der Waals surface area contributed by atoms with Crippen LogP contribution in [0.1, 0.15) is 5.69 Å². The highest BCUT2D eigenvalue weighted by atomic mass is 35.5. The van der Waals surface area contributed by atoms with Crippen molar-refractivity contribution in [3.05, 3.63) is 33.9 Å². The van der Waals surface area contributed by atoms with Gasteiger partial charge in [0.1, 0.15) is 0 Å². The average molecular weight is 271 g/mol. The number of rotatable bonds is 2. The third kappa shape index (κ3) is 2.33. The first-order valence-electron chi connectivity index (χ1n) is 5.00. The smallest absolute Gasteiger partial charge is 0.152 e. The lowest BCUT2D eigenvalue weighted by molar-refractivity contribution is 0.765. The van der Waals surface area contributed by atoms with Crippen LogP contribution in [0.3, 0.4) is 0 Å². The van der Waals surface area contributed by atoms with E-state index >= 15 is 0 Å². The fourth-order valence-electron chi connectivity index (χ4n) is 1.53. The van der Waals surface area contributed by atoms with Gasteiger partial charge in [-0.05, 0) is 25.1 Å². The van der Waals surface area contributed by atoms with E-state index in [1.807, 2.05) is 20.0 Å². The molecule has 90 valence electrons. The summed E-state index contributed by atoms with van der Waals surface area (Å²) in [6.45, 7) is 1.86. The van der Waals surface area contributed by atoms with Crippen molar-refractivity contribution in [1.29, 1.82) is 0 Å². The van der Waals surface area contributed by atoms with Crippen LogP contribution in [0.15, 0.2) is 18.2 Å². The second-order valence-electron chi connectivity index (χ2n) is 3.73. The monoisotopic (exact) mass is 270 g/mol. The van der Waals surface area contributed by atoms with Gasteiger partial charge in [-0.1, -0.05) is 23.2 Å². The molecule has 0 radical (unpaired) electrons. The molecule has 1 aromatic carbocycles. The number of nitrogens with two attached hydrogens (primary N) is 1. The minimum absolute atomic E-state index is 0.495. The highest BCUT2D eigenvalue weighted by Gasteiger charge is 2.10. The Kier molecular flexibility index (Phi) is 3.17. The third-order valence-electron chi connectivity index (χ3n) is 2.45. The first kappa shape index (κ1) is 12.1. The van der Waals surface area contributed by atoms with Gasteiger partial charge in [0.25, 0.3) is 0 Å². The van der Waals surface area contributed by atoms with Crippen molar-refractivity contribution in [2.45, 2.75) is 6.92 Å². The Bertz CT molecular complexity index is 563. The number of hydrogen-bond donors (Lipinski definition) is 2. The summed E-state index contributed by atoms with van der Waals surface area (Å²) in [5.74, 6) is 0.737. The van der Waals surface area contributed by atoms with Crippen LogP contribution < -0.4 is 11.1 Å². The van der Waals surface area contributed by atoms with Crippen LogP contribution >= 0.6 is 23.2 Å². The second kappa shape index (κ2) is 4.47. The molecule has 0 spiro atoms. The predicted molar refractivity (Wildman–Crippen MR) is 72.1 cm³/mol. The highest BCUT2D eigenvalue weighted by Crippen LogP contribution is 2.29. The van der Waals surface area contributed by atoms with Crippen molar-refractivity contribution >= 4 is 40.4 Å². The number of anilines is 3. The maximum atomic E-state index is 5.94. The van der Waals surface area contributed by atoms with E-state index in [2.05, 4.69) is 10.4 Å². The highest BCUT2D eigenvalue weighted by molar-refractivity contribution is 6.42. The van der Waals surface area contributed by atoms with Gasteiger partial charge >= 0.3 is 0 Å². The molecule has 0 aliphatic rings. The molecule has 2 rings (SSSR count). The molecule has 1 aromatic heterocycles. The van der Waals surface area contributed by atoms with Crippen LogP contribution in [-0.2, 0) is 7.05 Å². The van der Waals surface area contributed by atoms with Gasteiger partial charge in [-0.3, -0.25) is 4.68 Å². The molecule has 0 unspecified atom stereocenters. The fraction of sp³-hybridized carbons (Fsp3) is 0.182. The summed E-state index contributed by atoms with van der Waals surface area (Å²) in [6, 6.07) is 5.30. The minimum atomic E-state index is 0.495. The van der Waals surface area contributed by atoms with Gasteiger partial charge in [0, 0.05) is 12.7 Å². The van der Waals surface area contributed by atoms with Crippen LogP contribution in [-0.4, -0.2) is 9.78 Å². The van der Waals surface area contributed by atoms with E-state index in [1.165, 1.54) is 0 Å². The molecule has 0 atom stereocenters. The summed E-state index contributed by atoms with van der Waals surface area (Å²) >= 11 is 11.8. The van der Waals surface area contributed by atoms with E-state index in [0.29, 0.717) is 15.7 Å². The van der Waals surface area contributed by atoms with Crippen LogP contribution in [0.4, 0.5) is 17.2 Å². The maximum absolute atomic E-state index is 5.94. The van der Waals surface area contributed by atoms with Crippen LogP contribution in [0, 0.1) is 6.92 Å². The van der Waals surface area contributed by atoms with E-state index in [1.54, 1.807) is 16.8 Å². The lowest BCUT2D eigenvalue weighted by atomic mass is 10.3. The molecule has 4 nitrogen and oxygen atoms in total. The van der Waals surface area contributed by atoms with Crippen molar-refractivity contribution in [2.75, 3.05) is 11.1 Å². The number of nitrogen functional groups attached to an aromatic ring is 1. The number of benzene rings is 1. The van der Waals surface area contributed by atoms with E-state index < -0.39 is 0 Å². The van der Waals surface area contributed by atoms with Gasteiger partial charge in [0.2, 0.25) is 0 Å². The Balaban J connectivity index is 2.34. The molecular weight excluding hydrogens is 259 g/mol. The van der Waals surface area contributed by atoms with E-state index in [9.17, 15) is 0 Å². The summed E-state index contributed by atoms with van der Waals surface area (Å²) < 4.78 is 1.69. The maximum Gasteiger partial charge on any atom is 0.152 e. The van der Waals surface area contributed by atoms with Gasteiger partial charge in [0.15, 0.2) is 5.82 Å². The fourth-order valence-corrected chi connectivity index (χ4v) is 1.83. The zero-order valence-corrected chi connectivity index (χ0v) is 11.0. The minimum Gasteiger partial charge on any atom is -0.394 e.